The Morgan fingerprint density at radius 3 is 2.74 bits per heavy atom. The lowest BCUT2D eigenvalue weighted by Gasteiger charge is -2.20. The Balaban J connectivity index is 1.70. The fourth-order valence-corrected chi connectivity index (χ4v) is 2.86. The van der Waals surface area contributed by atoms with E-state index in [-0.39, 0.29) is 18.4 Å². The van der Waals surface area contributed by atoms with Crippen molar-refractivity contribution in [3.8, 4) is 0 Å². The predicted molar refractivity (Wildman–Crippen MR) is 87.9 cm³/mol. The van der Waals surface area contributed by atoms with Gasteiger partial charge in [-0.2, -0.15) is 0 Å². The highest BCUT2D eigenvalue weighted by molar-refractivity contribution is 6.10. The van der Waals surface area contributed by atoms with Gasteiger partial charge in [0.2, 0.25) is 11.8 Å². The normalized spacial score (nSPS) is 15.4. The largest absolute Gasteiger partial charge is 0.350 e. The van der Waals surface area contributed by atoms with Crippen LogP contribution < -0.4 is 10.2 Å². The van der Waals surface area contributed by atoms with Gasteiger partial charge in [-0.05, 0) is 37.1 Å². The summed E-state index contributed by atoms with van der Waals surface area (Å²) in [7, 11) is 0. The van der Waals surface area contributed by atoms with Crippen LogP contribution in [0.4, 0.5) is 5.69 Å². The molecule has 0 saturated carbocycles. The SMILES string of the molecule is CC1(C)C(=O)N(CC(=O)NCc2cccnc2)c2ccccc21. The molecule has 2 aromatic rings. The van der Waals surface area contributed by atoms with E-state index in [4.69, 9.17) is 0 Å². The number of hydrogen-bond acceptors (Lipinski definition) is 3. The summed E-state index contributed by atoms with van der Waals surface area (Å²) in [4.78, 5) is 30.4. The molecule has 3 rings (SSSR count). The van der Waals surface area contributed by atoms with Gasteiger partial charge in [-0.3, -0.25) is 14.6 Å². The van der Waals surface area contributed by atoms with E-state index in [1.165, 1.54) is 0 Å². The number of amides is 2. The summed E-state index contributed by atoms with van der Waals surface area (Å²) >= 11 is 0. The third-order valence-corrected chi connectivity index (χ3v) is 4.16. The molecule has 2 heterocycles. The number of nitrogens with zero attached hydrogens (tertiary/aromatic N) is 2. The van der Waals surface area contributed by atoms with Crippen LogP contribution >= 0.6 is 0 Å². The smallest absolute Gasteiger partial charge is 0.240 e. The van der Waals surface area contributed by atoms with Gasteiger partial charge in [0.25, 0.3) is 0 Å². The number of fused-ring (bicyclic) bond motifs is 1. The van der Waals surface area contributed by atoms with Gasteiger partial charge in [-0.15, -0.1) is 0 Å². The number of benzene rings is 1. The van der Waals surface area contributed by atoms with Crippen molar-refractivity contribution in [1.29, 1.82) is 0 Å². The molecule has 1 N–H and O–H groups in total. The minimum Gasteiger partial charge on any atom is -0.350 e. The Hall–Kier alpha value is -2.69. The second-order valence-electron chi connectivity index (χ2n) is 6.17. The van der Waals surface area contributed by atoms with Crippen molar-refractivity contribution in [3.05, 3.63) is 59.9 Å². The molecule has 0 saturated heterocycles. The molecular formula is C18H19N3O2. The number of anilines is 1. The number of aromatic nitrogens is 1. The van der Waals surface area contributed by atoms with Crippen LogP contribution in [0.1, 0.15) is 25.0 Å². The molecular weight excluding hydrogens is 290 g/mol. The van der Waals surface area contributed by atoms with Crippen LogP contribution in [0, 0.1) is 0 Å². The number of hydrogen-bond donors (Lipinski definition) is 1. The number of para-hydroxylation sites is 1. The molecule has 1 aromatic heterocycles. The van der Waals surface area contributed by atoms with Gasteiger partial charge in [0.15, 0.2) is 0 Å². The van der Waals surface area contributed by atoms with Crippen molar-refractivity contribution in [2.75, 3.05) is 11.4 Å². The van der Waals surface area contributed by atoms with Crippen LogP contribution in [-0.4, -0.2) is 23.3 Å². The molecule has 118 valence electrons. The first-order chi connectivity index (χ1) is 11.0. The van der Waals surface area contributed by atoms with Crippen molar-refractivity contribution >= 4 is 17.5 Å². The van der Waals surface area contributed by atoms with Gasteiger partial charge >= 0.3 is 0 Å². The highest BCUT2D eigenvalue weighted by atomic mass is 16.2. The summed E-state index contributed by atoms with van der Waals surface area (Å²) in [5, 5.41) is 2.83. The van der Waals surface area contributed by atoms with E-state index >= 15 is 0 Å². The lowest BCUT2D eigenvalue weighted by atomic mass is 9.86. The van der Waals surface area contributed by atoms with Gasteiger partial charge in [0, 0.05) is 24.6 Å². The highest BCUT2D eigenvalue weighted by Gasteiger charge is 2.43. The Morgan fingerprint density at radius 2 is 2.00 bits per heavy atom. The summed E-state index contributed by atoms with van der Waals surface area (Å²) in [5.41, 5.74) is 2.11. The van der Waals surface area contributed by atoms with E-state index in [1.54, 1.807) is 17.3 Å². The summed E-state index contributed by atoms with van der Waals surface area (Å²) < 4.78 is 0. The van der Waals surface area contributed by atoms with Crippen LogP contribution in [-0.2, 0) is 21.5 Å². The maximum Gasteiger partial charge on any atom is 0.240 e. The second-order valence-corrected chi connectivity index (χ2v) is 6.17. The van der Waals surface area contributed by atoms with E-state index in [2.05, 4.69) is 10.3 Å². The van der Waals surface area contributed by atoms with Crippen LogP contribution in [0.15, 0.2) is 48.8 Å². The van der Waals surface area contributed by atoms with Crippen molar-refractivity contribution in [2.24, 2.45) is 0 Å². The fourth-order valence-electron chi connectivity index (χ4n) is 2.86. The number of pyridine rings is 1. The maximum atomic E-state index is 12.6. The first-order valence-corrected chi connectivity index (χ1v) is 7.57. The highest BCUT2D eigenvalue weighted by Crippen LogP contribution is 2.40. The summed E-state index contributed by atoms with van der Waals surface area (Å²) in [5.74, 6) is -0.232. The van der Waals surface area contributed by atoms with Gasteiger partial charge in [-0.25, -0.2) is 0 Å². The summed E-state index contributed by atoms with van der Waals surface area (Å²) in [6.45, 7) is 4.21. The summed E-state index contributed by atoms with van der Waals surface area (Å²) in [6, 6.07) is 11.3. The molecule has 1 aliphatic rings. The summed E-state index contributed by atoms with van der Waals surface area (Å²) in [6.07, 6.45) is 3.40. The second kappa shape index (κ2) is 5.83. The van der Waals surface area contributed by atoms with Gasteiger partial charge in [-0.1, -0.05) is 24.3 Å². The molecule has 0 unspecified atom stereocenters. The van der Waals surface area contributed by atoms with Gasteiger partial charge in [0.1, 0.15) is 6.54 Å². The Kier molecular flexibility index (Phi) is 3.86. The number of rotatable bonds is 4. The first-order valence-electron chi connectivity index (χ1n) is 7.57. The van der Waals surface area contributed by atoms with Crippen LogP contribution in [0.3, 0.4) is 0 Å². The molecule has 5 heteroatoms. The quantitative estimate of drug-likeness (QED) is 0.940. The molecule has 1 aliphatic heterocycles. The molecule has 2 amide bonds. The number of nitrogens with one attached hydrogen (secondary N) is 1. The van der Waals surface area contributed by atoms with E-state index in [0.29, 0.717) is 6.54 Å². The lowest BCUT2D eigenvalue weighted by molar-refractivity contribution is -0.125. The van der Waals surface area contributed by atoms with Crippen molar-refractivity contribution in [1.82, 2.24) is 10.3 Å². The number of carbonyl (C=O) groups is 2. The molecule has 0 atom stereocenters. The zero-order valence-corrected chi connectivity index (χ0v) is 13.2. The Bertz CT molecular complexity index is 741. The zero-order valence-electron chi connectivity index (χ0n) is 13.2. The molecule has 0 fully saturated rings. The molecule has 0 bridgehead atoms. The van der Waals surface area contributed by atoms with E-state index in [9.17, 15) is 9.59 Å². The molecule has 5 nitrogen and oxygen atoms in total. The average Bonchev–Trinajstić information content (AvgIpc) is 2.75. The average molecular weight is 309 g/mol. The van der Waals surface area contributed by atoms with E-state index < -0.39 is 5.41 Å². The third kappa shape index (κ3) is 2.82. The van der Waals surface area contributed by atoms with E-state index in [0.717, 1.165) is 16.8 Å². The van der Waals surface area contributed by atoms with Crippen LogP contribution in [0.2, 0.25) is 0 Å². The van der Waals surface area contributed by atoms with Gasteiger partial charge < -0.3 is 10.2 Å². The molecule has 23 heavy (non-hydrogen) atoms. The standard InChI is InChI=1S/C18H19N3O2/c1-18(2)14-7-3-4-8-15(14)21(17(18)23)12-16(22)20-11-13-6-5-9-19-10-13/h3-10H,11-12H2,1-2H3,(H,20,22). The third-order valence-electron chi connectivity index (χ3n) is 4.16. The molecule has 0 radical (unpaired) electrons. The lowest BCUT2D eigenvalue weighted by Crippen LogP contribution is -2.42. The van der Waals surface area contributed by atoms with Crippen molar-refractivity contribution in [2.45, 2.75) is 25.8 Å². The zero-order chi connectivity index (χ0) is 16.4. The molecule has 1 aromatic carbocycles. The Labute approximate surface area is 135 Å². The minimum absolute atomic E-state index is 0.0273. The van der Waals surface area contributed by atoms with Crippen molar-refractivity contribution < 1.29 is 9.59 Å². The van der Waals surface area contributed by atoms with E-state index in [1.807, 2.05) is 50.2 Å². The molecule has 0 aliphatic carbocycles. The van der Waals surface area contributed by atoms with Crippen LogP contribution in [0.25, 0.3) is 0 Å². The monoisotopic (exact) mass is 309 g/mol. The van der Waals surface area contributed by atoms with Crippen LogP contribution in [0.5, 0.6) is 0 Å². The molecule has 0 spiro atoms. The Morgan fingerprint density at radius 1 is 1.22 bits per heavy atom. The first kappa shape index (κ1) is 15.2. The minimum atomic E-state index is -0.597. The maximum absolute atomic E-state index is 12.6. The fraction of sp³-hybridized carbons (Fsp3) is 0.278. The number of carbonyl (C=O) groups excluding carboxylic acids is 2. The predicted octanol–water partition coefficient (Wildman–Crippen LogP) is 2.02. The van der Waals surface area contributed by atoms with Crippen molar-refractivity contribution in [3.63, 3.8) is 0 Å². The van der Waals surface area contributed by atoms with Gasteiger partial charge in [0.05, 0.1) is 5.41 Å². The topological polar surface area (TPSA) is 62.3 Å².